The van der Waals surface area contributed by atoms with Crippen LogP contribution in [0.25, 0.3) is 0 Å². The molecule has 0 bridgehead atoms. The molecule has 1 rings (SSSR count). The zero-order chi connectivity index (χ0) is 13.1. The molecule has 0 radical (unpaired) electrons. The lowest BCUT2D eigenvalue weighted by Crippen LogP contribution is -2.18. The highest BCUT2D eigenvalue weighted by atomic mass is 35.5. The minimum absolute atomic E-state index is 0.0651. The third-order valence-corrected chi connectivity index (χ3v) is 3.85. The standard InChI is InChI=1S/C11H17ClN2O2S/c1-3-8(4-2)14-11-7-9(17(13,15)16)5-6-10(11)12/h5-8,14H,3-4H2,1-2H3,(H2,13,15,16). The number of benzene rings is 1. The molecule has 0 atom stereocenters. The van der Waals surface area contributed by atoms with Gasteiger partial charge >= 0.3 is 0 Å². The Morgan fingerprint density at radius 1 is 1.35 bits per heavy atom. The number of hydrogen-bond acceptors (Lipinski definition) is 3. The topological polar surface area (TPSA) is 72.2 Å². The molecule has 0 heterocycles. The quantitative estimate of drug-likeness (QED) is 0.868. The summed E-state index contributed by atoms with van der Waals surface area (Å²) in [5.41, 5.74) is 0.604. The van der Waals surface area contributed by atoms with E-state index in [2.05, 4.69) is 19.2 Å². The minimum Gasteiger partial charge on any atom is -0.381 e. The summed E-state index contributed by atoms with van der Waals surface area (Å²) >= 11 is 6.01. The smallest absolute Gasteiger partial charge is 0.238 e. The van der Waals surface area contributed by atoms with Crippen LogP contribution in [0.3, 0.4) is 0 Å². The van der Waals surface area contributed by atoms with Crippen molar-refractivity contribution in [3.63, 3.8) is 0 Å². The molecule has 1 aromatic carbocycles. The zero-order valence-electron chi connectivity index (χ0n) is 9.90. The molecular weight excluding hydrogens is 260 g/mol. The predicted molar refractivity (Wildman–Crippen MR) is 70.8 cm³/mol. The number of nitrogens with two attached hydrogens (primary N) is 1. The number of sulfonamides is 1. The summed E-state index contributed by atoms with van der Waals surface area (Å²) in [7, 11) is -3.69. The van der Waals surface area contributed by atoms with Crippen LogP contribution in [-0.4, -0.2) is 14.5 Å². The van der Waals surface area contributed by atoms with E-state index in [9.17, 15) is 8.42 Å². The van der Waals surface area contributed by atoms with Gasteiger partial charge in [0, 0.05) is 6.04 Å². The van der Waals surface area contributed by atoms with Crippen LogP contribution in [-0.2, 0) is 10.0 Å². The van der Waals surface area contributed by atoms with Crippen LogP contribution in [0.2, 0.25) is 5.02 Å². The van der Waals surface area contributed by atoms with E-state index in [1.165, 1.54) is 18.2 Å². The lowest BCUT2D eigenvalue weighted by Gasteiger charge is -2.17. The third-order valence-electron chi connectivity index (χ3n) is 2.61. The van der Waals surface area contributed by atoms with Gasteiger partial charge in [-0.3, -0.25) is 0 Å². The first kappa shape index (κ1) is 14.3. The molecule has 0 amide bonds. The summed E-state index contributed by atoms with van der Waals surface area (Å²) in [4.78, 5) is 0.0651. The van der Waals surface area contributed by atoms with Gasteiger partial charge in [0.2, 0.25) is 10.0 Å². The molecule has 0 aliphatic rings. The predicted octanol–water partition coefficient (Wildman–Crippen LogP) is 2.59. The van der Waals surface area contributed by atoms with Crippen LogP contribution in [0.5, 0.6) is 0 Å². The number of hydrogen-bond donors (Lipinski definition) is 2. The van der Waals surface area contributed by atoms with E-state index in [0.717, 1.165) is 12.8 Å². The number of nitrogens with one attached hydrogen (secondary N) is 1. The highest BCUT2D eigenvalue weighted by Gasteiger charge is 2.12. The fourth-order valence-corrected chi connectivity index (χ4v) is 2.22. The van der Waals surface area contributed by atoms with Gasteiger partial charge in [-0.1, -0.05) is 25.4 Å². The maximum atomic E-state index is 11.2. The van der Waals surface area contributed by atoms with Crippen molar-refractivity contribution < 1.29 is 8.42 Å². The molecule has 1 aromatic rings. The number of anilines is 1. The van der Waals surface area contributed by atoms with Crippen LogP contribution >= 0.6 is 11.6 Å². The summed E-state index contributed by atoms with van der Waals surface area (Å²) < 4.78 is 22.5. The first-order chi connectivity index (χ1) is 7.88. The van der Waals surface area contributed by atoms with Crippen molar-refractivity contribution in [2.75, 3.05) is 5.32 Å². The second-order valence-electron chi connectivity index (χ2n) is 3.84. The second-order valence-corrected chi connectivity index (χ2v) is 5.81. The molecule has 4 nitrogen and oxygen atoms in total. The molecule has 17 heavy (non-hydrogen) atoms. The van der Waals surface area contributed by atoms with Crippen molar-refractivity contribution in [1.29, 1.82) is 0 Å². The van der Waals surface area contributed by atoms with Gasteiger partial charge in [0.15, 0.2) is 0 Å². The Labute approximate surface area is 107 Å². The molecule has 0 saturated carbocycles. The fraction of sp³-hybridized carbons (Fsp3) is 0.455. The normalized spacial score (nSPS) is 11.8. The molecule has 0 spiro atoms. The average Bonchev–Trinajstić information content (AvgIpc) is 2.26. The largest absolute Gasteiger partial charge is 0.381 e. The molecule has 0 fully saturated rings. The van der Waals surface area contributed by atoms with Crippen molar-refractivity contribution in [2.45, 2.75) is 37.6 Å². The monoisotopic (exact) mass is 276 g/mol. The van der Waals surface area contributed by atoms with E-state index in [0.29, 0.717) is 10.7 Å². The van der Waals surface area contributed by atoms with E-state index in [1.54, 1.807) is 0 Å². The number of primary sulfonamides is 1. The van der Waals surface area contributed by atoms with Gasteiger partial charge < -0.3 is 5.32 Å². The first-order valence-electron chi connectivity index (χ1n) is 5.47. The SMILES string of the molecule is CCC(CC)Nc1cc(S(N)(=O)=O)ccc1Cl. The van der Waals surface area contributed by atoms with Crippen molar-refractivity contribution >= 4 is 27.3 Å². The van der Waals surface area contributed by atoms with Gasteiger partial charge in [0.1, 0.15) is 0 Å². The zero-order valence-corrected chi connectivity index (χ0v) is 11.5. The van der Waals surface area contributed by atoms with Gasteiger partial charge in [-0.05, 0) is 31.0 Å². The van der Waals surface area contributed by atoms with Crippen molar-refractivity contribution in [2.24, 2.45) is 5.14 Å². The average molecular weight is 277 g/mol. The molecular formula is C11H17ClN2O2S. The Morgan fingerprint density at radius 2 is 1.94 bits per heavy atom. The summed E-state index contributed by atoms with van der Waals surface area (Å²) in [6.45, 7) is 4.11. The van der Waals surface area contributed by atoms with Crippen molar-refractivity contribution in [3.05, 3.63) is 23.2 Å². The van der Waals surface area contributed by atoms with E-state index >= 15 is 0 Å². The molecule has 0 saturated heterocycles. The molecule has 0 unspecified atom stereocenters. The van der Waals surface area contributed by atoms with Crippen molar-refractivity contribution in [1.82, 2.24) is 0 Å². The van der Waals surface area contributed by atoms with Crippen molar-refractivity contribution in [3.8, 4) is 0 Å². The Kier molecular flexibility index (Phi) is 4.80. The lowest BCUT2D eigenvalue weighted by atomic mass is 10.1. The van der Waals surface area contributed by atoms with E-state index < -0.39 is 10.0 Å². The molecule has 0 aromatic heterocycles. The Morgan fingerprint density at radius 3 is 2.41 bits per heavy atom. The number of rotatable bonds is 5. The highest BCUT2D eigenvalue weighted by Crippen LogP contribution is 2.26. The Bertz CT molecular complexity index is 484. The molecule has 96 valence electrons. The van der Waals surface area contributed by atoms with E-state index in [4.69, 9.17) is 16.7 Å². The molecule has 3 N–H and O–H groups in total. The summed E-state index contributed by atoms with van der Waals surface area (Å²) in [6, 6.07) is 4.67. The summed E-state index contributed by atoms with van der Waals surface area (Å²) in [6.07, 6.45) is 1.87. The van der Waals surface area contributed by atoms with Gasteiger partial charge in [0.25, 0.3) is 0 Å². The maximum absolute atomic E-state index is 11.2. The summed E-state index contributed by atoms with van der Waals surface area (Å²) in [5.74, 6) is 0. The van der Waals surface area contributed by atoms with Gasteiger partial charge in [-0.15, -0.1) is 0 Å². The molecule has 0 aliphatic heterocycles. The summed E-state index contributed by atoms with van der Waals surface area (Å²) in [5, 5.41) is 8.77. The minimum atomic E-state index is -3.69. The second kappa shape index (κ2) is 5.71. The van der Waals surface area contributed by atoms with E-state index in [-0.39, 0.29) is 10.9 Å². The Balaban J connectivity index is 3.07. The number of halogens is 1. The van der Waals surface area contributed by atoms with Crippen LogP contribution in [0.1, 0.15) is 26.7 Å². The van der Waals surface area contributed by atoms with E-state index in [1.807, 2.05) is 0 Å². The highest BCUT2D eigenvalue weighted by molar-refractivity contribution is 7.89. The van der Waals surface area contributed by atoms with Crippen LogP contribution in [0.15, 0.2) is 23.1 Å². The Hall–Kier alpha value is -0.780. The van der Waals surface area contributed by atoms with Crippen LogP contribution < -0.4 is 10.5 Å². The third kappa shape index (κ3) is 3.87. The van der Waals surface area contributed by atoms with Gasteiger partial charge in [-0.25, -0.2) is 13.6 Å². The first-order valence-corrected chi connectivity index (χ1v) is 7.39. The lowest BCUT2D eigenvalue weighted by molar-refractivity contribution is 0.597. The van der Waals surface area contributed by atoms with Crippen LogP contribution in [0.4, 0.5) is 5.69 Å². The fourth-order valence-electron chi connectivity index (χ4n) is 1.50. The maximum Gasteiger partial charge on any atom is 0.238 e. The van der Waals surface area contributed by atoms with Gasteiger partial charge in [-0.2, -0.15) is 0 Å². The molecule has 0 aliphatic carbocycles. The molecule has 6 heteroatoms. The van der Waals surface area contributed by atoms with Gasteiger partial charge in [0.05, 0.1) is 15.6 Å². The van der Waals surface area contributed by atoms with Crippen LogP contribution in [0, 0.1) is 0 Å².